The monoisotopic (exact) mass is 374 g/mol. The Morgan fingerprint density at radius 2 is 1.88 bits per heavy atom. The van der Waals surface area contributed by atoms with Crippen molar-refractivity contribution in [2.75, 3.05) is 33.2 Å². The van der Waals surface area contributed by atoms with Crippen LogP contribution in [0.1, 0.15) is 24.8 Å². The predicted molar refractivity (Wildman–Crippen MR) is 94.4 cm³/mol. The zero-order valence-corrected chi connectivity index (χ0v) is 14.9. The third-order valence-electron chi connectivity index (χ3n) is 4.58. The molecule has 0 aliphatic carbocycles. The molecule has 0 radical (unpaired) electrons. The molecule has 0 atom stereocenters. The van der Waals surface area contributed by atoms with Crippen molar-refractivity contribution in [3.8, 4) is 0 Å². The van der Waals surface area contributed by atoms with Gasteiger partial charge in [-0.15, -0.1) is 0 Å². The number of likely N-dealkylation sites (tertiary alicyclic amines) is 1. The molecule has 146 valence electrons. The fraction of sp³-hybridized carbons (Fsp3) is 0.611. The average Bonchev–Trinajstić information content (AvgIpc) is 2.59. The Labute approximate surface area is 151 Å². The van der Waals surface area contributed by atoms with Crippen molar-refractivity contribution in [3.63, 3.8) is 0 Å². The number of nitrogens with one attached hydrogen (secondary N) is 2. The number of piperidine rings is 1. The van der Waals surface area contributed by atoms with E-state index in [1.165, 1.54) is 11.0 Å². The zero-order valence-electron chi connectivity index (χ0n) is 14.9. The number of benzene rings is 1. The summed E-state index contributed by atoms with van der Waals surface area (Å²) in [6.07, 6.45) is -1.69. The van der Waals surface area contributed by atoms with E-state index in [-0.39, 0.29) is 5.82 Å². The Kier molecular flexibility index (Phi) is 7.68. The summed E-state index contributed by atoms with van der Waals surface area (Å²) >= 11 is 0. The van der Waals surface area contributed by atoms with Crippen molar-refractivity contribution in [3.05, 3.63) is 35.6 Å². The van der Waals surface area contributed by atoms with E-state index in [4.69, 9.17) is 0 Å². The van der Waals surface area contributed by atoms with E-state index >= 15 is 0 Å². The standard InChI is InChI=1S/C18H26F4N4/c1-23-17(25-12-15-4-2-3-5-16(15)19)24-9-6-14-7-10-26(11-8-14)13-18(20,21)22/h2-5,14H,6-13H2,1H3,(H2,23,24,25). The molecule has 26 heavy (non-hydrogen) atoms. The fourth-order valence-electron chi connectivity index (χ4n) is 3.12. The van der Waals surface area contributed by atoms with Crippen molar-refractivity contribution in [1.82, 2.24) is 15.5 Å². The summed E-state index contributed by atoms with van der Waals surface area (Å²) in [4.78, 5) is 5.58. The molecule has 1 aromatic carbocycles. The molecule has 0 aromatic heterocycles. The normalized spacial score (nSPS) is 17.3. The van der Waals surface area contributed by atoms with Crippen LogP contribution in [-0.4, -0.2) is 50.3 Å². The highest BCUT2D eigenvalue weighted by atomic mass is 19.4. The predicted octanol–water partition coefficient (Wildman–Crippen LogP) is 3.16. The van der Waals surface area contributed by atoms with E-state index in [9.17, 15) is 17.6 Å². The van der Waals surface area contributed by atoms with Gasteiger partial charge in [-0.25, -0.2) is 4.39 Å². The maximum Gasteiger partial charge on any atom is 0.401 e. The second-order valence-corrected chi connectivity index (χ2v) is 6.57. The van der Waals surface area contributed by atoms with Crippen LogP contribution in [0, 0.1) is 11.7 Å². The van der Waals surface area contributed by atoms with E-state index in [0.29, 0.717) is 43.6 Å². The van der Waals surface area contributed by atoms with E-state index in [1.54, 1.807) is 25.2 Å². The SMILES string of the molecule is CN=C(NCCC1CCN(CC(F)(F)F)CC1)NCc1ccccc1F. The summed E-state index contributed by atoms with van der Waals surface area (Å²) in [6, 6.07) is 6.55. The maximum absolute atomic E-state index is 13.6. The lowest BCUT2D eigenvalue weighted by Gasteiger charge is -2.32. The molecule has 1 heterocycles. The molecule has 0 amide bonds. The topological polar surface area (TPSA) is 39.7 Å². The van der Waals surface area contributed by atoms with Gasteiger partial charge >= 0.3 is 6.18 Å². The molecule has 4 nitrogen and oxygen atoms in total. The number of hydrogen-bond acceptors (Lipinski definition) is 2. The van der Waals surface area contributed by atoms with Gasteiger partial charge < -0.3 is 10.6 Å². The maximum atomic E-state index is 13.6. The highest BCUT2D eigenvalue weighted by molar-refractivity contribution is 5.79. The van der Waals surface area contributed by atoms with E-state index in [1.807, 2.05) is 0 Å². The van der Waals surface area contributed by atoms with Gasteiger partial charge in [-0.3, -0.25) is 9.89 Å². The first kappa shape index (κ1) is 20.5. The minimum atomic E-state index is -4.12. The van der Waals surface area contributed by atoms with Gasteiger partial charge in [0.15, 0.2) is 5.96 Å². The first-order chi connectivity index (χ1) is 12.4. The average molecular weight is 374 g/mol. The number of rotatable bonds is 6. The van der Waals surface area contributed by atoms with Crippen molar-refractivity contribution >= 4 is 5.96 Å². The van der Waals surface area contributed by atoms with E-state index in [2.05, 4.69) is 15.6 Å². The Balaban J connectivity index is 1.65. The van der Waals surface area contributed by atoms with Gasteiger partial charge in [0.1, 0.15) is 5.82 Å². The summed E-state index contributed by atoms with van der Waals surface area (Å²) in [7, 11) is 1.65. The van der Waals surface area contributed by atoms with Gasteiger partial charge in [-0.05, 0) is 44.3 Å². The van der Waals surface area contributed by atoms with Crippen LogP contribution in [0.5, 0.6) is 0 Å². The minimum Gasteiger partial charge on any atom is -0.356 e. The summed E-state index contributed by atoms with van der Waals surface area (Å²) in [6.45, 7) is 1.18. The van der Waals surface area contributed by atoms with Crippen molar-refractivity contribution < 1.29 is 17.6 Å². The summed E-state index contributed by atoms with van der Waals surface area (Å²) in [5.74, 6) is 0.737. The number of hydrogen-bond donors (Lipinski definition) is 2. The molecule has 0 bridgehead atoms. The Morgan fingerprint density at radius 3 is 2.50 bits per heavy atom. The lowest BCUT2D eigenvalue weighted by molar-refractivity contribution is -0.148. The third kappa shape index (κ3) is 7.19. The Bertz CT molecular complexity index is 581. The van der Waals surface area contributed by atoms with Gasteiger partial charge in [-0.1, -0.05) is 18.2 Å². The molecule has 1 saturated heterocycles. The Morgan fingerprint density at radius 1 is 1.19 bits per heavy atom. The van der Waals surface area contributed by atoms with Crippen LogP contribution < -0.4 is 10.6 Å². The molecule has 2 N–H and O–H groups in total. The van der Waals surface area contributed by atoms with Crippen LogP contribution in [0.3, 0.4) is 0 Å². The van der Waals surface area contributed by atoms with Crippen LogP contribution in [0.4, 0.5) is 17.6 Å². The number of halogens is 4. The molecular weight excluding hydrogens is 348 g/mol. The molecule has 8 heteroatoms. The molecule has 0 spiro atoms. The van der Waals surface area contributed by atoms with Crippen LogP contribution in [0.25, 0.3) is 0 Å². The second-order valence-electron chi connectivity index (χ2n) is 6.57. The van der Waals surface area contributed by atoms with Crippen molar-refractivity contribution in [2.24, 2.45) is 10.9 Å². The van der Waals surface area contributed by atoms with Gasteiger partial charge in [0.2, 0.25) is 0 Å². The molecule has 1 aromatic rings. The van der Waals surface area contributed by atoms with Gasteiger partial charge in [0.25, 0.3) is 0 Å². The van der Waals surface area contributed by atoms with Crippen LogP contribution in [0.15, 0.2) is 29.3 Å². The van der Waals surface area contributed by atoms with Crippen LogP contribution in [0.2, 0.25) is 0 Å². The molecular formula is C18H26F4N4. The number of alkyl halides is 3. The first-order valence-corrected chi connectivity index (χ1v) is 8.84. The molecule has 1 aliphatic rings. The van der Waals surface area contributed by atoms with Gasteiger partial charge in [0.05, 0.1) is 6.54 Å². The lowest BCUT2D eigenvalue weighted by atomic mass is 9.93. The third-order valence-corrected chi connectivity index (χ3v) is 4.58. The fourth-order valence-corrected chi connectivity index (χ4v) is 3.12. The molecule has 2 rings (SSSR count). The molecule has 0 saturated carbocycles. The first-order valence-electron chi connectivity index (χ1n) is 8.84. The van der Waals surface area contributed by atoms with Crippen LogP contribution in [-0.2, 0) is 6.54 Å². The van der Waals surface area contributed by atoms with E-state index < -0.39 is 12.7 Å². The Hall–Kier alpha value is -1.83. The van der Waals surface area contributed by atoms with Gasteiger partial charge in [0, 0.05) is 25.7 Å². The molecule has 0 unspecified atom stereocenters. The summed E-state index contributed by atoms with van der Waals surface area (Å²) < 4.78 is 50.8. The number of nitrogens with zero attached hydrogens (tertiary/aromatic N) is 2. The molecule has 1 fully saturated rings. The second kappa shape index (κ2) is 9.75. The van der Waals surface area contributed by atoms with Crippen LogP contribution >= 0.6 is 0 Å². The number of guanidine groups is 1. The zero-order chi connectivity index (χ0) is 19.0. The molecule has 1 aliphatic heterocycles. The minimum absolute atomic E-state index is 0.263. The number of aliphatic imine (C=N–C) groups is 1. The van der Waals surface area contributed by atoms with Gasteiger partial charge in [-0.2, -0.15) is 13.2 Å². The largest absolute Gasteiger partial charge is 0.401 e. The highest BCUT2D eigenvalue weighted by Gasteiger charge is 2.32. The van der Waals surface area contributed by atoms with Crippen molar-refractivity contribution in [2.45, 2.75) is 32.0 Å². The quantitative estimate of drug-likeness (QED) is 0.457. The smallest absolute Gasteiger partial charge is 0.356 e. The summed E-state index contributed by atoms with van der Waals surface area (Å²) in [5, 5.41) is 6.24. The highest BCUT2D eigenvalue weighted by Crippen LogP contribution is 2.23. The van der Waals surface area contributed by atoms with E-state index in [0.717, 1.165) is 19.3 Å². The lowest BCUT2D eigenvalue weighted by Crippen LogP contribution is -2.41. The summed E-state index contributed by atoms with van der Waals surface area (Å²) in [5.41, 5.74) is 0.562. The van der Waals surface area contributed by atoms with Crippen molar-refractivity contribution in [1.29, 1.82) is 0 Å².